The lowest BCUT2D eigenvalue weighted by Gasteiger charge is -2.10. The van der Waals surface area contributed by atoms with Crippen molar-refractivity contribution in [2.75, 3.05) is 5.32 Å². The molecule has 0 atom stereocenters. The van der Waals surface area contributed by atoms with Crippen LogP contribution in [0.3, 0.4) is 0 Å². The van der Waals surface area contributed by atoms with Gasteiger partial charge in [0.25, 0.3) is 5.56 Å². The number of hydrogen-bond acceptors (Lipinski definition) is 5. The third kappa shape index (κ3) is 4.02. The topological polar surface area (TPSA) is 83.6 Å². The molecular formula is C19H23N5O. The zero-order valence-electron chi connectivity index (χ0n) is 15.1. The smallest absolute Gasteiger partial charge is 0.252 e. The highest BCUT2D eigenvalue weighted by Gasteiger charge is 2.09. The van der Waals surface area contributed by atoms with E-state index < -0.39 is 0 Å². The van der Waals surface area contributed by atoms with Crippen molar-refractivity contribution in [3.05, 3.63) is 51.6 Å². The zero-order valence-corrected chi connectivity index (χ0v) is 15.1. The van der Waals surface area contributed by atoms with Crippen molar-refractivity contribution in [1.82, 2.24) is 19.9 Å². The molecular weight excluding hydrogens is 314 g/mol. The van der Waals surface area contributed by atoms with Gasteiger partial charge in [0.2, 0.25) is 11.9 Å². The summed E-state index contributed by atoms with van der Waals surface area (Å²) in [5, 5.41) is 4.07. The summed E-state index contributed by atoms with van der Waals surface area (Å²) in [7, 11) is 0. The van der Waals surface area contributed by atoms with Crippen LogP contribution in [-0.4, -0.2) is 19.9 Å². The summed E-state index contributed by atoms with van der Waals surface area (Å²) >= 11 is 0. The second kappa shape index (κ2) is 7.01. The minimum Gasteiger partial charge on any atom is -0.294 e. The Bertz CT molecular complexity index is 962. The zero-order chi connectivity index (χ0) is 18.0. The molecule has 3 aromatic rings. The largest absolute Gasteiger partial charge is 0.294 e. The van der Waals surface area contributed by atoms with Crippen LogP contribution in [0.2, 0.25) is 0 Å². The summed E-state index contributed by atoms with van der Waals surface area (Å²) in [5.74, 6) is 1.37. The third-order valence-corrected chi connectivity index (χ3v) is 4.12. The molecule has 2 heterocycles. The van der Waals surface area contributed by atoms with Gasteiger partial charge in [-0.05, 0) is 38.2 Å². The molecule has 6 heteroatoms. The lowest BCUT2D eigenvalue weighted by molar-refractivity contribution is 0.581. The van der Waals surface area contributed by atoms with E-state index in [1.165, 1.54) is 0 Å². The summed E-state index contributed by atoms with van der Waals surface area (Å²) in [6, 6.07) is 7.57. The maximum Gasteiger partial charge on any atom is 0.252 e. The van der Waals surface area contributed by atoms with E-state index in [0.717, 1.165) is 40.7 Å². The summed E-state index contributed by atoms with van der Waals surface area (Å²) < 4.78 is 0. The van der Waals surface area contributed by atoms with E-state index in [0.29, 0.717) is 17.8 Å². The molecule has 0 aliphatic rings. The normalized spacial score (nSPS) is 11.2. The maximum absolute atomic E-state index is 11.9. The van der Waals surface area contributed by atoms with Gasteiger partial charge in [-0.1, -0.05) is 32.0 Å². The van der Waals surface area contributed by atoms with Gasteiger partial charge < -0.3 is 0 Å². The van der Waals surface area contributed by atoms with Crippen LogP contribution >= 0.6 is 0 Å². The first kappa shape index (κ1) is 17.1. The summed E-state index contributed by atoms with van der Waals surface area (Å²) in [4.78, 5) is 28.2. The van der Waals surface area contributed by atoms with E-state index in [-0.39, 0.29) is 5.56 Å². The Balaban J connectivity index is 1.93. The monoisotopic (exact) mass is 337 g/mol. The van der Waals surface area contributed by atoms with Gasteiger partial charge in [0.05, 0.1) is 11.2 Å². The van der Waals surface area contributed by atoms with E-state index in [1.807, 2.05) is 32.0 Å². The number of fused-ring (bicyclic) bond motifs is 1. The molecule has 0 radical (unpaired) electrons. The molecule has 130 valence electrons. The minimum atomic E-state index is -0.176. The number of aromatic nitrogens is 4. The van der Waals surface area contributed by atoms with Crippen molar-refractivity contribution >= 4 is 22.8 Å². The van der Waals surface area contributed by atoms with Crippen LogP contribution < -0.4 is 10.9 Å². The van der Waals surface area contributed by atoms with Crippen molar-refractivity contribution in [2.45, 2.75) is 40.5 Å². The first-order valence-corrected chi connectivity index (χ1v) is 8.53. The number of para-hydroxylation sites is 1. The molecule has 2 aromatic heterocycles. The fourth-order valence-electron chi connectivity index (χ4n) is 2.74. The van der Waals surface area contributed by atoms with Gasteiger partial charge in [0, 0.05) is 17.1 Å². The van der Waals surface area contributed by atoms with Crippen molar-refractivity contribution < 1.29 is 0 Å². The van der Waals surface area contributed by atoms with E-state index in [2.05, 4.69) is 39.1 Å². The van der Waals surface area contributed by atoms with Crippen LogP contribution in [0.15, 0.2) is 29.1 Å². The van der Waals surface area contributed by atoms with Crippen LogP contribution in [0.25, 0.3) is 10.9 Å². The van der Waals surface area contributed by atoms with E-state index in [4.69, 9.17) is 0 Å². The van der Waals surface area contributed by atoms with Crippen LogP contribution in [0.1, 0.15) is 37.2 Å². The Hall–Kier alpha value is -2.76. The van der Waals surface area contributed by atoms with Crippen molar-refractivity contribution in [1.29, 1.82) is 0 Å². The molecule has 3 rings (SSSR count). The average molecular weight is 337 g/mol. The molecule has 0 spiro atoms. The fraction of sp³-hybridized carbons (Fsp3) is 0.368. The molecule has 25 heavy (non-hydrogen) atoms. The number of anilines is 2. The summed E-state index contributed by atoms with van der Waals surface area (Å²) in [6.07, 6.45) is 1.76. The number of aryl methyl sites for hydroxylation is 3. The molecule has 0 amide bonds. The van der Waals surface area contributed by atoms with E-state index in [9.17, 15) is 4.79 Å². The highest BCUT2D eigenvalue weighted by molar-refractivity contribution is 5.84. The van der Waals surface area contributed by atoms with Crippen molar-refractivity contribution in [3.63, 3.8) is 0 Å². The maximum atomic E-state index is 11.9. The quantitative estimate of drug-likeness (QED) is 0.742. The third-order valence-electron chi connectivity index (χ3n) is 4.12. The van der Waals surface area contributed by atoms with Crippen molar-refractivity contribution in [3.8, 4) is 0 Å². The molecule has 0 bridgehead atoms. The Morgan fingerprint density at radius 3 is 2.72 bits per heavy atom. The van der Waals surface area contributed by atoms with Gasteiger partial charge in [0.15, 0.2) is 0 Å². The second-order valence-corrected chi connectivity index (χ2v) is 6.75. The molecule has 2 N–H and O–H groups in total. The number of hydrogen-bond donors (Lipinski definition) is 2. The molecule has 6 nitrogen and oxygen atoms in total. The summed E-state index contributed by atoms with van der Waals surface area (Å²) in [5.41, 5.74) is 3.46. The summed E-state index contributed by atoms with van der Waals surface area (Å²) in [6.45, 7) is 8.27. The molecule has 0 aliphatic carbocycles. The Morgan fingerprint density at radius 2 is 1.96 bits per heavy atom. The average Bonchev–Trinajstić information content (AvgIpc) is 2.53. The van der Waals surface area contributed by atoms with Crippen LogP contribution in [0.5, 0.6) is 0 Å². The Kier molecular flexibility index (Phi) is 4.79. The number of aromatic amines is 1. The Morgan fingerprint density at radius 1 is 1.16 bits per heavy atom. The lowest BCUT2D eigenvalue weighted by atomic mass is 10.1. The highest BCUT2D eigenvalue weighted by Crippen LogP contribution is 2.21. The van der Waals surface area contributed by atoms with E-state index >= 15 is 0 Å². The van der Waals surface area contributed by atoms with Crippen molar-refractivity contribution in [2.24, 2.45) is 5.92 Å². The predicted molar refractivity (Wildman–Crippen MR) is 100 cm³/mol. The molecule has 0 aliphatic heterocycles. The second-order valence-electron chi connectivity index (χ2n) is 6.75. The van der Waals surface area contributed by atoms with Gasteiger partial charge in [-0.3, -0.25) is 15.1 Å². The number of H-pyrrole nitrogens is 1. The molecule has 0 unspecified atom stereocenters. The number of benzene rings is 1. The van der Waals surface area contributed by atoms with Gasteiger partial charge in [-0.2, -0.15) is 0 Å². The SMILES string of the molecule is Cc1nc(Nc2nc(CCC(C)C)cc(=O)[nH]2)nc2c(C)cccc12. The first-order valence-electron chi connectivity index (χ1n) is 8.53. The van der Waals surface area contributed by atoms with E-state index in [1.54, 1.807) is 6.07 Å². The fourth-order valence-corrected chi connectivity index (χ4v) is 2.74. The standard InChI is InChI=1S/C19H23N5O/c1-11(2)8-9-14-10-16(25)22-19(21-14)24-18-20-13(4)15-7-5-6-12(3)17(15)23-18/h5-7,10-11H,8-9H2,1-4H3,(H2,20,21,22,23,24,25). The first-order chi connectivity index (χ1) is 11.9. The molecule has 0 saturated heterocycles. The molecule has 0 saturated carbocycles. The predicted octanol–water partition coefficient (Wildman–Crippen LogP) is 3.66. The Labute approximate surface area is 146 Å². The van der Waals surface area contributed by atoms with Crippen LogP contribution in [0.4, 0.5) is 11.9 Å². The number of nitrogens with one attached hydrogen (secondary N) is 2. The van der Waals surface area contributed by atoms with Gasteiger partial charge in [-0.15, -0.1) is 0 Å². The molecule has 0 fully saturated rings. The van der Waals surface area contributed by atoms with Gasteiger partial charge in [0.1, 0.15) is 0 Å². The number of nitrogens with zero attached hydrogens (tertiary/aromatic N) is 3. The highest BCUT2D eigenvalue weighted by atomic mass is 16.1. The lowest BCUT2D eigenvalue weighted by Crippen LogP contribution is -2.13. The van der Waals surface area contributed by atoms with Crippen LogP contribution in [0, 0.1) is 19.8 Å². The van der Waals surface area contributed by atoms with Crippen LogP contribution in [-0.2, 0) is 6.42 Å². The van der Waals surface area contributed by atoms with Gasteiger partial charge in [-0.25, -0.2) is 15.0 Å². The molecule has 1 aromatic carbocycles. The minimum absolute atomic E-state index is 0.176. The number of rotatable bonds is 5. The van der Waals surface area contributed by atoms with Gasteiger partial charge >= 0.3 is 0 Å².